The van der Waals surface area contributed by atoms with Crippen LogP contribution in [0.5, 0.6) is 0 Å². The average Bonchev–Trinajstić information content (AvgIpc) is 2.38. The molecule has 1 amide bonds. The SMILES string of the molecule is O=C(NCCC(O)C(=O)O)c1cc([N+](=O)[O-])ccc1Cl. The number of nitro groups is 1. The summed E-state index contributed by atoms with van der Waals surface area (Å²) in [7, 11) is 0. The largest absolute Gasteiger partial charge is 0.479 e. The molecule has 1 unspecified atom stereocenters. The van der Waals surface area contributed by atoms with Gasteiger partial charge in [0.2, 0.25) is 0 Å². The molecule has 0 aliphatic carbocycles. The molecule has 0 bridgehead atoms. The molecule has 0 spiro atoms. The molecule has 1 aromatic rings. The number of hydrogen-bond acceptors (Lipinski definition) is 5. The number of carbonyl (C=O) groups is 2. The highest BCUT2D eigenvalue weighted by Gasteiger charge is 2.17. The minimum Gasteiger partial charge on any atom is -0.479 e. The van der Waals surface area contributed by atoms with Crippen LogP contribution in [-0.2, 0) is 4.79 Å². The molecule has 0 fully saturated rings. The molecule has 108 valence electrons. The van der Waals surface area contributed by atoms with E-state index in [1.165, 1.54) is 6.07 Å². The van der Waals surface area contributed by atoms with Crippen LogP contribution in [0.3, 0.4) is 0 Å². The minimum absolute atomic E-state index is 0.0342. The predicted octanol–water partition coefficient (Wildman–Crippen LogP) is 0.814. The van der Waals surface area contributed by atoms with E-state index in [0.717, 1.165) is 12.1 Å². The summed E-state index contributed by atoms with van der Waals surface area (Å²) in [6.07, 6.45) is -1.77. The van der Waals surface area contributed by atoms with E-state index in [1.54, 1.807) is 0 Å². The lowest BCUT2D eigenvalue weighted by atomic mass is 10.2. The Morgan fingerprint density at radius 1 is 1.45 bits per heavy atom. The van der Waals surface area contributed by atoms with Crippen LogP contribution in [0.4, 0.5) is 5.69 Å². The third-order valence-corrected chi connectivity index (χ3v) is 2.72. The second-order valence-electron chi connectivity index (χ2n) is 3.82. The fraction of sp³-hybridized carbons (Fsp3) is 0.273. The number of carbonyl (C=O) groups excluding carboxylic acids is 1. The molecule has 0 radical (unpaired) electrons. The number of nitrogens with one attached hydrogen (secondary N) is 1. The van der Waals surface area contributed by atoms with Crippen molar-refractivity contribution in [3.8, 4) is 0 Å². The van der Waals surface area contributed by atoms with Crippen LogP contribution < -0.4 is 5.32 Å². The molecular weight excluding hydrogens is 292 g/mol. The van der Waals surface area contributed by atoms with Crippen molar-refractivity contribution in [2.75, 3.05) is 6.54 Å². The van der Waals surface area contributed by atoms with Gasteiger partial charge in [-0.1, -0.05) is 11.6 Å². The molecule has 0 aromatic heterocycles. The highest BCUT2D eigenvalue weighted by molar-refractivity contribution is 6.33. The molecule has 3 N–H and O–H groups in total. The number of aliphatic hydroxyl groups excluding tert-OH is 1. The monoisotopic (exact) mass is 302 g/mol. The summed E-state index contributed by atoms with van der Waals surface area (Å²) in [5.41, 5.74) is -0.379. The van der Waals surface area contributed by atoms with Crippen LogP contribution in [0.2, 0.25) is 5.02 Å². The van der Waals surface area contributed by atoms with E-state index in [-0.39, 0.29) is 29.2 Å². The molecule has 1 rings (SSSR count). The first kappa shape index (κ1) is 15.9. The number of nitrogens with zero attached hydrogens (tertiary/aromatic N) is 1. The zero-order valence-electron chi connectivity index (χ0n) is 10.1. The molecule has 20 heavy (non-hydrogen) atoms. The van der Waals surface area contributed by atoms with Crippen LogP contribution in [0.25, 0.3) is 0 Å². The average molecular weight is 303 g/mol. The Morgan fingerprint density at radius 2 is 2.10 bits per heavy atom. The number of aliphatic carboxylic acids is 1. The second-order valence-corrected chi connectivity index (χ2v) is 4.23. The first-order valence-corrected chi connectivity index (χ1v) is 5.83. The van der Waals surface area contributed by atoms with Crippen LogP contribution in [0.1, 0.15) is 16.8 Å². The molecule has 0 aliphatic rings. The lowest BCUT2D eigenvalue weighted by Gasteiger charge is -2.08. The topological polar surface area (TPSA) is 130 Å². The maximum Gasteiger partial charge on any atom is 0.332 e. The van der Waals surface area contributed by atoms with Gasteiger partial charge in [-0.05, 0) is 6.07 Å². The molecule has 0 heterocycles. The summed E-state index contributed by atoms with van der Waals surface area (Å²) in [6.45, 7) is -0.106. The van der Waals surface area contributed by atoms with E-state index in [0.29, 0.717) is 0 Å². The Kier molecular flexibility index (Phi) is 5.42. The minimum atomic E-state index is -1.59. The van der Waals surface area contributed by atoms with Crippen molar-refractivity contribution < 1.29 is 24.7 Å². The van der Waals surface area contributed by atoms with Gasteiger partial charge in [-0.15, -0.1) is 0 Å². The number of amides is 1. The molecule has 9 heteroatoms. The predicted molar refractivity (Wildman–Crippen MR) is 68.7 cm³/mol. The number of benzene rings is 1. The van der Waals surface area contributed by atoms with E-state index in [2.05, 4.69) is 5.32 Å². The lowest BCUT2D eigenvalue weighted by molar-refractivity contribution is -0.384. The van der Waals surface area contributed by atoms with Crippen LogP contribution in [-0.4, -0.2) is 39.7 Å². The van der Waals surface area contributed by atoms with Crippen LogP contribution >= 0.6 is 11.6 Å². The van der Waals surface area contributed by atoms with E-state index < -0.39 is 22.9 Å². The smallest absolute Gasteiger partial charge is 0.332 e. The molecule has 0 aliphatic heterocycles. The highest BCUT2D eigenvalue weighted by Crippen LogP contribution is 2.21. The van der Waals surface area contributed by atoms with Crippen molar-refractivity contribution in [3.05, 3.63) is 38.9 Å². The Balaban J connectivity index is 2.70. The standard InChI is InChI=1S/C11H11ClN2O6/c12-8-2-1-6(14(19)20)5-7(8)10(16)13-4-3-9(15)11(17)18/h1-2,5,9,15H,3-4H2,(H,13,16)(H,17,18). The van der Waals surface area contributed by atoms with Gasteiger partial charge in [0, 0.05) is 25.1 Å². The zero-order chi connectivity index (χ0) is 15.3. The number of carboxylic acids is 1. The van der Waals surface area contributed by atoms with Crippen molar-refractivity contribution in [1.29, 1.82) is 0 Å². The Labute approximate surface area is 118 Å². The summed E-state index contributed by atoms with van der Waals surface area (Å²) in [4.78, 5) is 32.0. The second kappa shape index (κ2) is 6.83. The summed E-state index contributed by atoms with van der Waals surface area (Å²) >= 11 is 5.76. The molecule has 1 aromatic carbocycles. The third kappa shape index (κ3) is 4.18. The van der Waals surface area contributed by atoms with Gasteiger partial charge in [0.05, 0.1) is 15.5 Å². The van der Waals surface area contributed by atoms with Gasteiger partial charge >= 0.3 is 5.97 Å². The Bertz CT molecular complexity index is 548. The number of hydrogen-bond donors (Lipinski definition) is 3. The van der Waals surface area contributed by atoms with Gasteiger partial charge in [-0.3, -0.25) is 14.9 Å². The number of rotatable bonds is 6. The molecule has 8 nitrogen and oxygen atoms in total. The van der Waals surface area contributed by atoms with E-state index in [4.69, 9.17) is 21.8 Å². The van der Waals surface area contributed by atoms with Gasteiger partial charge in [-0.2, -0.15) is 0 Å². The van der Waals surface area contributed by atoms with Crippen LogP contribution in [0.15, 0.2) is 18.2 Å². The van der Waals surface area contributed by atoms with Crippen molar-refractivity contribution >= 4 is 29.2 Å². The van der Waals surface area contributed by atoms with Gasteiger partial charge in [0.15, 0.2) is 6.10 Å². The molecule has 0 saturated heterocycles. The summed E-state index contributed by atoms with van der Waals surface area (Å²) in [5, 5.41) is 30.4. The third-order valence-electron chi connectivity index (χ3n) is 2.39. The van der Waals surface area contributed by atoms with E-state index >= 15 is 0 Å². The van der Waals surface area contributed by atoms with Gasteiger partial charge in [0.25, 0.3) is 11.6 Å². The maximum absolute atomic E-state index is 11.7. The number of non-ortho nitro benzene ring substituents is 1. The molecule has 0 saturated carbocycles. The zero-order valence-corrected chi connectivity index (χ0v) is 10.8. The van der Waals surface area contributed by atoms with E-state index in [9.17, 15) is 19.7 Å². The lowest BCUT2D eigenvalue weighted by Crippen LogP contribution is -2.30. The summed E-state index contributed by atoms with van der Waals surface area (Å²) < 4.78 is 0. The Hall–Kier alpha value is -2.19. The fourth-order valence-corrected chi connectivity index (χ4v) is 1.55. The van der Waals surface area contributed by atoms with Gasteiger partial charge in [0.1, 0.15) is 0 Å². The summed E-state index contributed by atoms with van der Waals surface area (Å²) in [5.74, 6) is -2.08. The molecular formula is C11H11ClN2O6. The number of halogens is 1. The Morgan fingerprint density at radius 3 is 2.65 bits per heavy atom. The number of nitro benzene ring substituents is 1. The normalized spacial score (nSPS) is 11.7. The molecule has 1 atom stereocenters. The van der Waals surface area contributed by atoms with Crippen LogP contribution in [0, 0.1) is 10.1 Å². The maximum atomic E-state index is 11.7. The van der Waals surface area contributed by atoms with Gasteiger partial charge < -0.3 is 15.5 Å². The van der Waals surface area contributed by atoms with E-state index in [1.807, 2.05) is 0 Å². The summed E-state index contributed by atoms with van der Waals surface area (Å²) in [6, 6.07) is 3.40. The first-order valence-electron chi connectivity index (χ1n) is 5.46. The van der Waals surface area contributed by atoms with Crippen molar-refractivity contribution in [2.45, 2.75) is 12.5 Å². The van der Waals surface area contributed by atoms with Gasteiger partial charge in [-0.25, -0.2) is 4.79 Å². The first-order chi connectivity index (χ1) is 9.32. The highest BCUT2D eigenvalue weighted by atomic mass is 35.5. The van der Waals surface area contributed by atoms with Crippen molar-refractivity contribution in [2.24, 2.45) is 0 Å². The fourth-order valence-electron chi connectivity index (χ4n) is 1.34. The quantitative estimate of drug-likeness (QED) is 0.526. The van der Waals surface area contributed by atoms with Crippen molar-refractivity contribution in [1.82, 2.24) is 5.32 Å². The number of aliphatic hydroxyl groups is 1. The van der Waals surface area contributed by atoms with Crippen molar-refractivity contribution in [3.63, 3.8) is 0 Å². The number of carboxylic acid groups (broad SMARTS) is 1.